The molecule has 1 N–H and O–H groups in total. The lowest BCUT2D eigenvalue weighted by atomic mass is 10.1. The van der Waals surface area contributed by atoms with E-state index in [1.165, 1.54) is 11.1 Å². The highest BCUT2D eigenvalue weighted by atomic mass is 15.2. The van der Waals surface area contributed by atoms with Gasteiger partial charge < -0.3 is 10.2 Å². The van der Waals surface area contributed by atoms with Gasteiger partial charge in [0.1, 0.15) is 5.82 Å². The largest absolute Gasteiger partial charge is 0.366 e. The van der Waals surface area contributed by atoms with E-state index in [0.717, 1.165) is 12.4 Å². The highest BCUT2D eigenvalue weighted by Gasteiger charge is 2.01. The Morgan fingerprint density at radius 3 is 2.67 bits per heavy atom. The lowest BCUT2D eigenvalue weighted by Crippen LogP contribution is -2.13. The van der Waals surface area contributed by atoms with Gasteiger partial charge in [0.15, 0.2) is 0 Å². The van der Waals surface area contributed by atoms with Gasteiger partial charge in [0.25, 0.3) is 0 Å². The van der Waals surface area contributed by atoms with Crippen LogP contribution in [0.5, 0.6) is 0 Å². The zero-order valence-corrected chi connectivity index (χ0v) is 11.0. The highest BCUT2D eigenvalue weighted by molar-refractivity contribution is 5.41. The predicted molar refractivity (Wildman–Crippen MR) is 74.9 cm³/mol. The molecule has 0 amide bonds. The zero-order chi connectivity index (χ0) is 13.0. The van der Waals surface area contributed by atoms with Crippen molar-refractivity contribution in [2.45, 2.75) is 13.5 Å². The van der Waals surface area contributed by atoms with Crippen LogP contribution < -0.4 is 10.2 Å². The van der Waals surface area contributed by atoms with Crippen LogP contribution in [0.2, 0.25) is 0 Å². The Hall–Kier alpha value is -2.10. The molecule has 4 nitrogen and oxygen atoms in total. The fraction of sp³-hybridized carbons (Fsp3) is 0.286. The Balaban J connectivity index is 2.07. The molecule has 0 bridgehead atoms. The third kappa shape index (κ3) is 2.97. The van der Waals surface area contributed by atoms with Crippen LogP contribution >= 0.6 is 0 Å². The van der Waals surface area contributed by atoms with Crippen LogP contribution in [0.15, 0.2) is 36.5 Å². The number of rotatable bonds is 4. The molecule has 4 heteroatoms. The first kappa shape index (κ1) is 12.4. The minimum atomic E-state index is 0.713. The number of aromatic nitrogens is 2. The zero-order valence-electron chi connectivity index (χ0n) is 11.0. The summed E-state index contributed by atoms with van der Waals surface area (Å²) in [5.74, 6) is 1.56. The van der Waals surface area contributed by atoms with Gasteiger partial charge in [-0.05, 0) is 24.1 Å². The first-order chi connectivity index (χ1) is 8.66. The molecule has 0 radical (unpaired) electrons. The van der Waals surface area contributed by atoms with Gasteiger partial charge in [-0.3, -0.25) is 0 Å². The van der Waals surface area contributed by atoms with E-state index >= 15 is 0 Å². The van der Waals surface area contributed by atoms with Crippen molar-refractivity contribution in [1.29, 1.82) is 0 Å². The molecule has 0 unspecified atom stereocenters. The molecule has 0 aliphatic carbocycles. The quantitative estimate of drug-likeness (QED) is 0.894. The van der Waals surface area contributed by atoms with E-state index in [2.05, 4.69) is 40.4 Å². The summed E-state index contributed by atoms with van der Waals surface area (Å²) in [4.78, 5) is 10.5. The SMILES string of the molecule is Cc1ccccc1CNc1ccnc(N(C)C)n1. The number of aryl methyl sites for hydroxylation is 1. The molecule has 0 aliphatic heterocycles. The van der Waals surface area contributed by atoms with Crippen molar-refractivity contribution < 1.29 is 0 Å². The minimum Gasteiger partial charge on any atom is -0.366 e. The summed E-state index contributed by atoms with van der Waals surface area (Å²) in [5, 5.41) is 3.32. The summed E-state index contributed by atoms with van der Waals surface area (Å²) in [7, 11) is 3.86. The van der Waals surface area contributed by atoms with Crippen LogP contribution in [0.4, 0.5) is 11.8 Å². The van der Waals surface area contributed by atoms with Crippen LogP contribution in [0, 0.1) is 6.92 Å². The molecular weight excluding hydrogens is 224 g/mol. The second-order valence-electron chi connectivity index (χ2n) is 4.42. The predicted octanol–water partition coefficient (Wildman–Crippen LogP) is 2.46. The molecule has 2 aromatic rings. The van der Waals surface area contributed by atoms with Gasteiger partial charge in [0.05, 0.1) is 0 Å². The second-order valence-corrected chi connectivity index (χ2v) is 4.42. The summed E-state index contributed by atoms with van der Waals surface area (Å²) >= 11 is 0. The molecule has 1 heterocycles. The molecule has 0 aliphatic rings. The van der Waals surface area contributed by atoms with Gasteiger partial charge in [-0.15, -0.1) is 0 Å². The highest BCUT2D eigenvalue weighted by Crippen LogP contribution is 2.12. The smallest absolute Gasteiger partial charge is 0.226 e. The van der Waals surface area contributed by atoms with Gasteiger partial charge in [-0.1, -0.05) is 24.3 Å². The number of anilines is 2. The maximum absolute atomic E-state index is 4.42. The van der Waals surface area contributed by atoms with Crippen molar-refractivity contribution in [2.75, 3.05) is 24.3 Å². The van der Waals surface area contributed by atoms with Gasteiger partial charge >= 0.3 is 0 Å². The summed E-state index contributed by atoms with van der Waals surface area (Å²) < 4.78 is 0. The van der Waals surface area contributed by atoms with Gasteiger partial charge in [-0.2, -0.15) is 4.98 Å². The van der Waals surface area contributed by atoms with Crippen molar-refractivity contribution in [3.8, 4) is 0 Å². The maximum Gasteiger partial charge on any atom is 0.226 e. The van der Waals surface area contributed by atoms with Gasteiger partial charge in [0.2, 0.25) is 5.95 Å². The molecule has 1 aromatic heterocycles. The Morgan fingerprint density at radius 2 is 1.94 bits per heavy atom. The van der Waals surface area contributed by atoms with Crippen molar-refractivity contribution in [1.82, 2.24) is 9.97 Å². The first-order valence-electron chi connectivity index (χ1n) is 5.95. The third-order valence-corrected chi connectivity index (χ3v) is 2.76. The average molecular weight is 242 g/mol. The van der Waals surface area contributed by atoms with E-state index in [0.29, 0.717) is 5.95 Å². The van der Waals surface area contributed by atoms with Gasteiger partial charge in [-0.25, -0.2) is 4.98 Å². The van der Waals surface area contributed by atoms with E-state index in [4.69, 9.17) is 0 Å². The van der Waals surface area contributed by atoms with Crippen molar-refractivity contribution in [3.63, 3.8) is 0 Å². The molecule has 0 saturated carbocycles. The van der Waals surface area contributed by atoms with Gasteiger partial charge in [0, 0.05) is 26.8 Å². The van der Waals surface area contributed by atoms with E-state index in [1.807, 2.05) is 31.1 Å². The summed E-state index contributed by atoms with van der Waals surface area (Å²) in [6.45, 7) is 2.89. The molecule has 18 heavy (non-hydrogen) atoms. The van der Waals surface area contributed by atoms with Crippen LogP contribution in [0.3, 0.4) is 0 Å². The van der Waals surface area contributed by atoms with Crippen molar-refractivity contribution in [3.05, 3.63) is 47.7 Å². The molecule has 94 valence electrons. The molecular formula is C14H18N4. The molecule has 1 aromatic carbocycles. The van der Waals surface area contributed by atoms with Crippen LogP contribution in [-0.2, 0) is 6.54 Å². The van der Waals surface area contributed by atoms with Crippen molar-refractivity contribution >= 4 is 11.8 Å². The van der Waals surface area contributed by atoms with Crippen molar-refractivity contribution in [2.24, 2.45) is 0 Å². The minimum absolute atomic E-state index is 0.713. The fourth-order valence-electron chi connectivity index (χ4n) is 1.66. The molecule has 0 spiro atoms. The molecule has 2 rings (SSSR count). The number of nitrogens with one attached hydrogen (secondary N) is 1. The Kier molecular flexibility index (Phi) is 3.77. The van der Waals surface area contributed by atoms with E-state index in [9.17, 15) is 0 Å². The Bertz CT molecular complexity index is 523. The topological polar surface area (TPSA) is 41.1 Å². The number of nitrogens with zero attached hydrogens (tertiary/aromatic N) is 3. The Morgan fingerprint density at radius 1 is 1.17 bits per heavy atom. The van der Waals surface area contributed by atoms with E-state index in [1.54, 1.807) is 6.20 Å². The van der Waals surface area contributed by atoms with E-state index in [-0.39, 0.29) is 0 Å². The maximum atomic E-state index is 4.42. The molecule has 0 saturated heterocycles. The first-order valence-corrected chi connectivity index (χ1v) is 5.95. The van der Waals surface area contributed by atoms with Crippen LogP contribution in [-0.4, -0.2) is 24.1 Å². The third-order valence-electron chi connectivity index (χ3n) is 2.76. The second kappa shape index (κ2) is 5.49. The average Bonchev–Trinajstić information content (AvgIpc) is 2.38. The van der Waals surface area contributed by atoms with E-state index < -0.39 is 0 Å². The number of benzene rings is 1. The monoisotopic (exact) mass is 242 g/mol. The number of hydrogen-bond acceptors (Lipinski definition) is 4. The lowest BCUT2D eigenvalue weighted by Gasteiger charge is -2.12. The number of hydrogen-bond donors (Lipinski definition) is 1. The summed E-state index contributed by atoms with van der Waals surface area (Å²) in [5.41, 5.74) is 2.56. The van der Waals surface area contributed by atoms with Crippen LogP contribution in [0.1, 0.15) is 11.1 Å². The van der Waals surface area contributed by atoms with Crippen LogP contribution in [0.25, 0.3) is 0 Å². The Labute approximate surface area is 108 Å². The fourth-order valence-corrected chi connectivity index (χ4v) is 1.66. The molecule has 0 atom stereocenters. The lowest BCUT2D eigenvalue weighted by molar-refractivity contribution is 0.986. The summed E-state index contributed by atoms with van der Waals surface area (Å²) in [6.07, 6.45) is 1.77. The molecule has 0 fully saturated rings. The summed E-state index contributed by atoms with van der Waals surface area (Å²) in [6, 6.07) is 10.2. The normalized spacial score (nSPS) is 10.2. The standard InChI is InChI=1S/C14H18N4/c1-11-6-4-5-7-12(11)10-16-13-8-9-15-14(17-13)18(2)3/h4-9H,10H2,1-3H3,(H,15,16,17).